The first-order valence-corrected chi connectivity index (χ1v) is 10.5. The van der Waals surface area contributed by atoms with Gasteiger partial charge >= 0.3 is 12.0 Å². The summed E-state index contributed by atoms with van der Waals surface area (Å²) < 4.78 is 18.7. The van der Waals surface area contributed by atoms with Crippen LogP contribution in [-0.4, -0.2) is 66.6 Å². The van der Waals surface area contributed by atoms with Crippen molar-refractivity contribution in [2.75, 3.05) is 38.7 Å². The number of hydrogen-bond acceptors (Lipinski definition) is 5. The Morgan fingerprint density at radius 3 is 2.65 bits per heavy atom. The van der Waals surface area contributed by atoms with E-state index in [0.717, 1.165) is 6.42 Å². The number of likely N-dealkylation sites (tertiary alicyclic amines) is 1. The van der Waals surface area contributed by atoms with Crippen LogP contribution in [0.1, 0.15) is 29.4 Å². The average Bonchev–Trinajstić information content (AvgIpc) is 3.25. The number of urea groups is 1. The Bertz CT molecular complexity index is 939. The number of hydrogen-bond donors (Lipinski definition) is 0. The van der Waals surface area contributed by atoms with Crippen LogP contribution in [0.5, 0.6) is 0 Å². The van der Waals surface area contributed by atoms with Crippen molar-refractivity contribution < 1.29 is 18.7 Å². The van der Waals surface area contributed by atoms with Gasteiger partial charge in [-0.15, -0.1) is 0 Å². The Morgan fingerprint density at radius 2 is 2.06 bits per heavy atom. The first-order valence-electron chi connectivity index (χ1n) is 10.1. The fourth-order valence-electron chi connectivity index (χ4n) is 3.45. The standard InChI is InChI=1S/C22H26ClFN4O3/c1-4-31-21(29)15-5-6-16(25-12-15)13-28(17-7-8-20(24)19(23)11-17)22(30)27-10-9-18(14-27)26(2)3/h5-8,11-12,18H,4,9-10,13-14H2,1-3H3/t18-/m1/s1. The third kappa shape index (κ3) is 5.51. The number of benzene rings is 1. The van der Waals surface area contributed by atoms with Gasteiger partial charge < -0.3 is 14.5 Å². The Kier molecular flexibility index (Phi) is 7.46. The molecule has 1 aromatic heterocycles. The predicted molar refractivity (Wildman–Crippen MR) is 117 cm³/mol. The molecule has 7 nitrogen and oxygen atoms in total. The fraction of sp³-hybridized carbons (Fsp3) is 0.409. The maximum Gasteiger partial charge on any atom is 0.339 e. The highest BCUT2D eigenvalue weighted by Crippen LogP contribution is 2.26. The van der Waals surface area contributed by atoms with Crippen LogP contribution >= 0.6 is 11.6 Å². The quantitative estimate of drug-likeness (QED) is 0.628. The van der Waals surface area contributed by atoms with Crippen molar-refractivity contribution in [2.45, 2.75) is 25.9 Å². The van der Waals surface area contributed by atoms with Crippen molar-refractivity contribution in [1.29, 1.82) is 0 Å². The molecule has 0 bridgehead atoms. The number of likely N-dealkylation sites (N-methyl/N-ethyl adjacent to an activating group) is 1. The third-order valence-electron chi connectivity index (χ3n) is 5.27. The van der Waals surface area contributed by atoms with Gasteiger partial charge in [-0.1, -0.05) is 11.6 Å². The lowest BCUT2D eigenvalue weighted by molar-refractivity contribution is 0.0526. The molecule has 0 spiro atoms. The van der Waals surface area contributed by atoms with Crippen LogP contribution in [0.15, 0.2) is 36.5 Å². The van der Waals surface area contributed by atoms with Crippen molar-refractivity contribution >= 4 is 29.3 Å². The molecule has 1 saturated heterocycles. The van der Waals surface area contributed by atoms with Gasteiger partial charge in [0.15, 0.2) is 0 Å². The lowest BCUT2D eigenvalue weighted by atomic mass is 10.2. The smallest absolute Gasteiger partial charge is 0.339 e. The van der Waals surface area contributed by atoms with E-state index in [1.807, 2.05) is 14.1 Å². The fourth-order valence-corrected chi connectivity index (χ4v) is 3.62. The monoisotopic (exact) mass is 448 g/mol. The molecule has 1 atom stereocenters. The number of aromatic nitrogens is 1. The van der Waals surface area contributed by atoms with Gasteiger partial charge in [0.25, 0.3) is 0 Å². The number of nitrogens with zero attached hydrogens (tertiary/aromatic N) is 4. The van der Waals surface area contributed by atoms with E-state index in [1.165, 1.54) is 29.3 Å². The second kappa shape index (κ2) is 10.1. The lowest BCUT2D eigenvalue weighted by Gasteiger charge is -2.29. The summed E-state index contributed by atoms with van der Waals surface area (Å²) in [6.45, 7) is 3.38. The zero-order valence-electron chi connectivity index (χ0n) is 17.8. The van der Waals surface area contributed by atoms with E-state index in [4.69, 9.17) is 16.3 Å². The predicted octanol–water partition coefficient (Wildman–Crippen LogP) is 3.81. The molecule has 1 aliphatic heterocycles. The van der Waals surface area contributed by atoms with E-state index in [2.05, 4.69) is 9.88 Å². The number of amides is 2. The van der Waals surface area contributed by atoms with Gasteiger partial charge in [-0.05, 0) is 57.8 Å². The molecule has 2 amide bonds. The normalized spacial score (nSPS) is 15.9. The Balaban J connectivity index is 1.85. The first-order chi connectivity index (χ1) is 14.8. The van der Waals surface area contributed by atoms with Gasteiger partial charge in [0, 0.05) is 31.0 Å². The van der Waals surface area contributed by atoms with Gasteiger partial charge in [-0.2, -0.15) is 0 Å². The highest BCUT2D eigenvalue weighted by molar-refractivity contribution is 6.31. The Hall–Kier alpha value is -2.71. The van der Waals surface area contributed by atoms with Gasteiger partial charge in [-0.3, -0.25) is 9.88 Å². The molecule has 2 heterocycles. The molecule has 1 fully saturated rings. The van der Waals surface area contributed by atoms with Crippen molar-refractivity contribution in [3.8, 4) is 0 Å². The zero-order valence-corrected chi connectivity index (χ0v) is 18.6. The molecule has 0 radical (unpaired) electrons. The molecule has 0 aliphatic carbocycles. The summed E-state index contributed by atoms with van der Waals surface area (Å²) >= 11 is 5.98. The highest BCUT2D eigenvalue weighted by atomic mass is 35.5. The number of rotatable bonds is 6. The first kappa shape index (κ1) is 23.0. The molecule has 1 aliphatic rings. The molecule has 1 aromatic carbocycles. The maximum atomic E-state index is 13.7. The van der Waals surface area contributed by atoms with E-state index in [0.29, 0.717) is 30.0 Å². The van der Waals surface area contributed by atoms with E-state index in [1.54, 1.807) is 24.0 Å². The number of ether oxygens (including phenoxy) is 1. The maximum absolute atomic E-state index is 13.7. The van der Waals surface area contributed by atoms with Crippen LogP contribution in [-0.2, 0) is 11.3 Å². The largest absolute Gasteiger partial charge is 0.462 e. The van der Waals surface area contributed by atoms with Crippen LogP contribution < -0.4 is 4.90 Å². The van der Waals surface area contributed by atoms with Gasteiger partial charge in [0.2, 0.25) is 0 Å². The van der Waals surface area contributed by atoms with Gasteiger partial charge in [-0.25, -0.2) is 14.0 Å². The molecule has 9 heteroatoms. The number of esters is 1. The second-order valence-corrected chi connectivity index (χ2v) is 7.99. The van der Waals surface area contributed by atoms with Crippen molar-refractivity contribution in [3.63, 3.8) is 0 Å². The van der Waals surface area contributed by atoms with E-state index >= 15 is 0 Å². The second-order valence-electron chi connectivity index (χ2n) is 7.58. The number of carbonyl (C=O) groups is 2. The minimum atomic E-state index is -0.552. The zero-order chi connectivity index (χ0) is 22.5. The molecule has 0 unspecified atom stereocenters. The lowest BCUT2D eigenvalue weighted by Crippen LogP contribution is -2.43. The highest BCUT2D eigenvalue weighted by Gasteiger charge is 2.31. The summed E-state index contributed by atoms with van der Waals surface area (Å²) in [5.74, 6) is -1.00. The van der Waals surface area contributed by atoms with Crippen LogP contribution in [0.3, 0.4) is 0 Å². The van der Waals surface area contributed by atoms with Gasteiger partial charge in [0.05, 0.1) is 29.4 Å². The molecule has 166 valence electrons. The summed E-state index contributed by atoms with van der Waals surface area (Å²) in [7, 11) is 3.98. The number of carbonyl (C=O) groups excluding carboxylic acids is 2. The average molecular weight is 449 g/mol. The summed E-state index contributed by atoms with van der Waals surface area (Å²) in [5, 5.41) is -0.0616. The summed E-state index contributed by atoms with van der Waals surface area (Å²) in [6, 6.07) is 7.55. The third-order valence-corrected chi connectivity index (χ3v) is 5.56. The number of anilines is 1. The summed E-state index contributed by atoms with van der Waals surface area (Å²) in [4.78, 5) is 34.9. The molecular weight excluding hydrogens is 423 g/mol. The van der Waals surface area contributed by atoms with Crippen molar-refractivity contribution in [3.05, 3.63) is 58.6 Å². The Morgan fingerprint density at radius 1 is 1.29 bits per heavy atom. The van der Waals surface area contributed by atoms with E-state index in [-0.39, 0.29) is 30.2 Å². The topological polar surface area (TPSA) is 66.0 Å². The van der Waals surface area contributed by atoms with Crippen LogP contribution in [0, 0.1) is 5.82 Å². The van der Waals surface area contributed by atoms with E-state index < -0.39 is 11.8 Å². The molecule has 0 saturated carbocycles. The summed E-state index contributed by atoms with van der Waals surface area (Å²) in [5.41, 5.74) is 1.38. The van der Waals surface area contributed by atoms with Gasteiger partial charge in [0.1, 0.15) is 5.82 Å². The molecule has 2 aromatic rings. The van der Waals surface area contributed by atoms with Crippen molar-refractivity contribution in [1.82, 2.24) is 14.8 Å². The molecular formula is C22H26ClFN4O3. The molecule has 0 N–H and O–H groups in total. The Labute approximate surface area is 186 Å². The van der Waals surface area contributed by atoms with Crippen LogP contribution in [0.4, 0.5) is 14.9 Å². The van der Waals surface area contributed by atoms with E-state index in [9.17, 15) is 14.0 Å². The number of pyridine rings is 1. The SMILES string of the molecule is CCOC(=O)c1ccc(CN(C(=O)N2CC[C@@H](N(C)C)C2)c2ccc(F)c(Cl)c2)nc1. The summed E-state index contributed by atoms with van der Waals surface area (Å²) in [6.07, 6.45) is 2.30. The van der Waals surface area contributed by atoms with Crippen LogP contribution in [0.2, 0.25) is 5.02 Å². The van der Waals surface area contributed by atoms with Crippen molar-refractivity contribution in [2.24, 2.45) is 0 Å². The van der Waals surface area contributed by atoms with Crippen LogP contribution in [0.25, 0.3) is 0 Å². The minimum absolute atomic E-state index is 0.0616. The number of halogens is 2. The molecule has 3 rings (SSSR count). The molecule has 31 heavy (non-hydrogen) atoms. The minimum Gasteiger partial charge on any atom is -0.462 e.